The molecule has 0 aromatic heterocycles. The molecule has 1 saturated heterocycles. The minimum Gasteiger partial charge on any atom is -0.348 e. The third-order valence-corrected chi connectivity index (χ3v) is 8.68. The first-order valence-electron chi connectivity index (χ1n) is 12.8. The van der Waals surface area contributed by atoms with E-state index in [1.165, 1.54) is 48.5 Å². The average Bonchev–Trinajstić information content (AvgIpc) is 3.51. The highest BCUT2D eigenvalue weighted by Crippen LogP contribution is 2.68. The van der Waals surface area contributed by atoms with Gasteiger partial charge in [0.05, 0.1) is 10.8 Å². The van der Waals surface area contributed by atoms with Crippen LogP contribution in [0.15, 0.2) is 97.1 Å². The molecule has 0 amide bonds. The van der Waals surface area contributed by atoms with E-state index < -0.39 is 51.1 Å². The summed E-state index contributed by atoms with van der Waals surface area (Å²) >= 11 is 6.15. The minimum atomic E-state index is -2.34. The SMILES string of the molecule is O=C1c2ccccc2C(=O)C12OC(c1ccc(Cl)cc1)C1(C(=O)c3ccccc3C1=O)C2c1cccc([N+](=O)[O-])c1. The molecule has 8 nitrogen and oxygen atoms in total. The lowest BCUT2D eigenvalue weighted by Gasteiger charge is -2.34. The molecule has 2 aliphatic carbocycles. The molecule has 3 aliphatic rings. The molecule has 0 radical (unpaired) electrons. The van der Waals surface area contributed by atoms with Crippen LogP contribution in [0.25, 0.3) is 0 Å². The maximum Gasteiger partial charge on any atom is 0.269 e. The Labute approximate surface area is 237 Å². The fourth-order valence-corrected chi connectivity index (χ4v) is 6.91. The van der Waals surface area contributed by atoms with Crippen LogP contribution in [0, 0.1) is 15.5 Å². The highest BCUT2D eigenvalue weighted by Gasteiger charge is 2.79. The second-order valence-corrected chi connectivity index (χ2v) is 10.8. The summed E-state index contributed by atoms with van der Waals surface area (Å²) in [5.41, 5.74) is -3.89. The van der Waals surface area contributed by atoms with E-state index >= 15 is 0 Å². The number of carbonyl (C=O) groups excluding carboxylic acids is 4. The molecule has 9 heteroatoms. The van der Waals surface area contributed by atoms with E-state index in [1.54, 1.807) is 48.5 Å². The van der Waals surface area contributed by atoms with Gasteiger partial charge in [-0.2, -0.15) is 0 Å². The van der Waals surface area contributed by atoms with Crippen LogP contribution in [-0.2, 0) is 4.74 Å². The molecule has 0 bridgehead atoms. The molecule has 1 aliphatic heterocycles. The molecule has 4 aromatic rings. The number of ether oxygens (including phenoxy) is 1. The van der Waals surface area contributed by atoms with E-state index in [4.69, 9.17) is 16.3 Å². The number of carbonyl (C=O) groups is 4. The summed E-state index contributed by atoms with van der Waals surface area (Å²) in [6.45, 7) is 0. The summed E-state index contributed by atoms with van der Waals surface area (Å²) in [6.07, 6.45) is -1.39. The highest BCUT2D eigenvalue weighted by molar-refractivity contribution is 6.37. The maximum atomic E-state index is 14.6. The molecular formula is C32H18ClNO7. The molecule has 7 rings (SSSR count). The first kappa shape index (κ1) is 25.2. The predicted octanol–water partition coefficient (Wildman–Crippen LogP) is 5.99. The lowest BCUT2D eigenvalue weighted by Crippen LogP contribution is -2.51. The molecule has 4 aromatic carbocycles. The van der Waals surface area contributed by atoms with Crippen LogP contribution >= 0.6 is 11.6 Å². The standard InChI is InChI=1S/C32H18ClNO7/c33-19-14-12-17(13-15-19)30-31(26(35)21-8-1-2-9-22(21)27(31)36)25(18-6-5-7-20(16-18)34(39)40)32(41-30)28(37)23-10-3-4-11-24(23)29(32)38/h1-16,25,30H. The summed E-state index contributed by atoms with van der Waals surface area (Å²) in [5.74, 6) is -4.18. The van der Waals surface area contributed by atoms with Gasteiger partial charge in [0, 0.05) is 39.4 Å². The largest absolute Gasteiger partial charge is 0.348 e. The molecule has 200 valence electrons. The molecule has 0 N–H and O–H groups in total. The zero-order valence-electron chi connectivity index (χ0n) is 21.1. The van der Waals surface area contributed by atoms with Crippen molar-refractivity contribution >= 4 is 40.4 Å². The Kier molecular flexibility index (Phi) is 5.29. The molecule has 41 heavy (non-hydrogen) atoms. The number of halogens is 1. The van der Waals surface area contributed by atoms with Crippen LogP contribution in [0.3, 0.4) is 0 Å². The number of nitro groups is 1. The van der Waals surface area contributed by atoms with Gasteiger partial charge in [0.15, 0.2) is 11.6 Å². The van der Waals surface area contributed by atoms with Crippen LogP contribution < -0.4 is 0 Å². The van der Waals surface area contributed by atoms with Crippen LogP contribution in [0.5, 0.6) is 0 Å². The second-order valence-electron chi connectivity index (χ2n) is 10.3. The number of benzene rings is 4. The number of Topliss-reactive ketones (excluding diaryl/α,β-unsaturated/α-hetero) is 4. The van der Waals surface area contributed by atoms with Gasteiger partial charge in [0.2, 0.25) is 17.2 Å². The molecule has 2 unspecified atom stereocenters. The van der Waals surface area contributed by atoms with Gasteiger partial charge >= 0.3 is 0 Å². The van der Waals surface area contributed by atoms with E-state index in [9.17, 15) is 29.3 Å². The first-order valence-corrected chi connectivity index (χ1v) is 13.2. The Hall–Kier alpha value is -4.79. The third-order valence-electron chi connectivity index (χ3n) is 8.43. The Bertz CT molecular complexity index is 1790. The van der Waals surface area contributed by atoms with Gasteiger partial charge in [-0.05, 0) is 23.3 Å². The lowest BCUT2D eigenvalue weighted by atomic mass is 9.60. The van der Waals surface area contributed by atoms with Gasteiger partial charge in [-0.25, -0.2) is 0 Å². The zero-order chi connectivity index (χ0) is 28.7. The van der Waals surface area contributed by atoms with Gasteiger partial charge in [0.1, 0.15) is 11.5 Å². The van der Waals surface area contributed by atoms with Gasteiger partial charge in [-0.1, -0.05) is 84.4 Å². The average molecular weight is 564 g/mol. The van der Waals surface area contributed by atoms with E-state index in [1.807, 2.05) is 0 Å². The van der Waals surface area contributed by atoms with Crippen molar-refractivity contribution in [3.63, 3.8) is 0 Å². The van der Waals surface area contributed by atoms with Crippen molar-refractivity contribution in [3.05, 3.63) is 146 Å². The number of non-ortho nitro benzene ring substituents is 1. The summed E-state index contributed by atoms with van der Waals surface area (Å²) in [7, 11) is 0. The van der Waals surface area contributed by atoms with Crippen molar-refractivity contribution in [2.75, 3.05) is 0 Å². The summed E-state index contributed by atoms with van der Waals surface area (Å²) in [5, 5.41) is 12.2. The van der Waals surface area contributed by atoms with Crippen molar-refractivity contribution in [2.24, 2.45) is 5.41 Å². The van der Waals surface area contributed by atoms with Crippen molar-refractivity contribution in [1.82, 2.24) is 0 Å². The van der Waals surface area contributed by atoms with Crippen molar-refractivity contribution in [1.29, 1.82) is 0 Å². The van der Waals surface area contributed by atoms with Crippen LogP contribution in [0.1, 0.15) is 64.6 Å². The quantitative estimate of drug-likeness (QED) is 0.171. The summed E-state index contributed by atoms with van der Waals surface area (Å²) < 4.78 is 6.57. The monoisotopic (exact) mass is 563 g/mol. The first-order chi connectivity index (χ1) is 19.7. The van der Waals surface area contributed by atoms with E-state index in [-0.39, 0.29) is 33.5 Å². The molecule has 1 heterocycles. The number of hydrogen-bond acceptors (Lipinski definition) is 7. The minimum absolute atomic E-state index is 0.0928. The lowest BCUT2D eigenvalue weighted by molar-refractivity contribution is -0.384. The van der Waals surface area contributed by atoms with E-state index in [0.717, 1.165) is 0 Å². The molecule has 2 spiro atoms. The third kappa shape index (κ3) is 3.08. The number of fused-ring (bicyclic) bond motifs is 2. The molecule has 2 atom stereocenters. The van der Waals surface area contributed by atoms with Crippen molar-refractivity contribution < 1.29 is 28.8 Å². The Morgan fingerprint density at radius 2 is 1.17 bits per heavy atom. The fraction of sp³-hybridized carbons (Fsp3) is 0.125. The molecule has 1 fully saturated rings. The van der Waals surface area contributed by atoms with Gasteiger partial charge in [0.25, 0.3) is 5.69 Å². The topological polar surface area (TPSA) is 121 Å². The Morgan fingerprint density at radius 1 is 0.659 bits per heavy atom. The molecule has 0 saturated carbocycles. The Morgan fingerprint density at radius 3 is 1.68 bits per heavy atom. The fourth-order valence-electron chi connectivity index (χ4n) is 6.78. The van der Waals surface area contributed by atoms with E-state index in [0.29, 0.717) is 10.6 Å². The number of ketones is 4. The second kappa shape index (κ2) is 8.60. The smallest absolute Gasteiger partial charge is 0.269 e. The Balaban J connectivity index is 1.60. The predicted molar refractivity (Wildman–Crippen MR) is 146 cm³/mol. The van der Waals surface area contributed by atoms with E-state index in [2.05, 4.69) is 0 Å². The van der Waals surface area contributed by atoms with Gasteiger partial charge in [-0.3, -0.25) is 29.3 Å². The normalized spacial score (nSPS) is 21.5. The molecular weight excluding hydrogens is 546 g/mol. The number of hydrogen-bond donors (Lipinski definition) is 0. The van der Waals surface area contributed by atoms with Crippen LogP contribution in [0.2, 0.25) is 5.02 Å². The summed E-state index contributed by atoms with van der Waals surface area (Å²) in [4.78, 5) is 69.2. The number of nitrogens with zero attached hydrogens (tertiary/aromatic N) is 1. The van der Waals surface area contributed by atoms with Crippen LogP contribution in [-0.4, -0.2) is 33.7 Å². The van der Waals surface area contributed by atoms with Crippen LogP contribution in [0.4, 0.5) is 5.69 Å². The number of nitro benzene ring substituents is 1. The maximum absolute atomic E-state index is 14.6. The highest BCUT2D eigenvalue weighted by atomic mass is 35.5. The van der Waals surface area contributed by atoms with Crippen molar-refractivity contribution in [2.45, 2.75) is 17.6 Å². The van der Waals surface area contributed by atoms with Gasteiger partial charge < -0.3 is 4.74 Å². The zero-order valence-corrected chi connectivity index (χ0v) is 21.8. The van der Waals surface area contributed by atoms with Gasteiger partial charge in [-0.15, -0.1) is 0 Å². The summed E-state index contributed by atoms with van der Waals surface area (Å²) in [6, 6.07) is 24.1. The van der Waals surface area contributed by atoms with Crippen molar-refractivity contribution in [3.8, 4) is 0 Å². The number of rotatable bonds is 3.